The molecule has 0 aromatic heterocycles. The van der Waals surface area contributed by atoms with Gasteiger partial charge in [-0.15, -0.1) is 0 Å². The van der Waals surface area contributed by atoms with Crippen molar-refractivity contribution < 1.29 is 9.47 Å². The number of hydrogen-bond acceptors (Lipinski definition) is 3. The molecule has 0 spiro atoms. The standard InChI is InChI=1S/C18H27NO2/c1-4-20-12-14-8-6-5-7-13(14)11-19-16-15-9-10-21-17(15)18(16,2)3/h5-8,15-17,19H,4,9-12H2,1-3H3. The first kappa shape index (κ1) is 15.0. The summed E-state index contributed by atoms with van der Waals surface area (Å²) in [6, 6.07) is 9.13. The van der Waals surface area contributed by atoms with Gasteiger partial charge in [-0.2, -0.15) is 0 Å². The van der Waals surface area contributed by atoms with Gasteiger partial charge in [-0.05, 0) is 24.5 Å². The van der Waals surface area contributed by atoms with Gasteiger partial charge < -0.3 is 14.8 Å². The van der Waals surface area contributed by atoms with E-state index >= 15 is 0 Å². The molecule has 0 bridgehead atoms. The normalized spacial score (nSPS) is 30.0. The van der Waals surface area contributed by atoms with E-state index in [0.717, 1.165) is 19.8 Å². The van der Waals surface area contributed by atoms with Crippen LogP contribution in [-0.4, -0.2) is 25.4 Å². The lowest BCUT2D eigenvalue weighted by molar-refractivity contribution is -0.113. The van der Waals surface area contributed by atoms with E-state index in [4.69, 9.17) is 9.47 Å². The maximum atomic E-state index is 5.87. The predicted octanol–water partition coefficient (Wildman–Crippen LogP) is 3.13. The fraction of sp³-hybridized carbons (Fsp3) is 0.667. The minimum atomic E-state index is 0.246. The summed E-state index contributed by atoms with van der Waals surface area (Å²) in [7, 11) is 0. The Morgan fingerprint density at radius 3 is 2.81 bits per heavy atom. The summed E-state index contributed by atoms with van der Waals surface area (Å²) in [6.45, 7) is 10.00. The van der Waals surface area contributed by atoms with Gasteiger partial charge >= 0.3 is 0 Å². The highest BCUT2D eigenvalue weighted by Crippen LogP contribution is 2.52. The molecule has 1 aromatic rings. The van der Waals surface area contributed by atoms with Crippen LogP contribution in [-0.2, 0) is 22.6 Å². The maximum absolute atomic E-state index is 5.87. The van der Waals surface area contributed by atoms with Crippen molar-refractivity contribution >= 4 is 0 Å². The zero-order valence-electron chi connectivity index (χ0n) is 13.4. The average Bonchev–Trinajstić information content (AvgIpc) is 2.93. The molecule has 0 amide bonds. The fourth-order valence-electron chi connectivity index (χ4n) is 4.04. The predicted molar refractivity (Wildman–Crippen MR) is 84.0 cm³/mol. The van der Waals surface area contributed by atoms with E-state index in [1.807, 2.05) is 6.92 Å². The van der Waals surface area contributed by atoms with Gasteiger partial charge in [0.05, 0.1) is 12.7 Å². The first-order chi connectivity index (χ1) is 10.1. The van der Waals surface area contributed by atoms with Crippen LogP contribution in [0.1, 0.15) is 38.3 Å². The summed E-state index contributed by atoms with van der Waals surface area (Å²) < 4.78 is 11.4. The second-order valence-electron chi connectivity index (χ2n) is 6.83. The molecule has 1 saturated carbocycles. The highest BCUT2D eigenvalue weighted by Gasteiger charge is 2.58. The van der Waals surface area contributed by atoms with Gasteiger partial charge in [0.15, 0.2) is 0 Å². The molecule has 21 heavy (non-hydrogen) atoms. The summed E-state index contributed by atoms with van der Waals surface area (Å²) >= 11 is 0. The Balaban J connectivity index is 1.63. The van der Waals surface area contributed by atoms with Crippen molar-refractivity contribution in [1.29, 1.82) is 0 Å². The molecule has 1 aliphatic heterocycles. The topological polar surface area (TPSA) is 30.5 Å². The first-order valence-corrected chi connectivity index (χ1v) is 8.14. The second kappa shape index (κ2) is 6.07. The molecule has 1 aromatic carbocycles. The average molecular weight is 289 g/mol. The highest BCUT2D eigenvalue weighted by atomic mass is 16.5. The van der Waals surface area contributed by atoms with Gasteiger partial charge in [0.2, 0.25) is 0 Å². The van der Waals surface area contributed by atoms with Crippen LogP contribution in [0.4, 0.5) is 0 Å². The number of nitrogens with one attached hydrogen (secondary N) is 1. The van der Waals surface area contributed by atoms with Crippen molar-refractivity contribution in [3.63, 3.8) is 0 Å². The maximum Gasteiger partial charge on any atom is 0.0719 e. The van der Waals surface area contributed by atoms with E-state index in [1.54, 1.807) is 0 Å². The van der Waals surface area contributed by atoms with Crippen LogP contribution in [0, 0.1) is 11.3 Å². The molecule has 3 atom stereocenters. The Morgan fingerprint density at radius 2 is 2.05 bits per heavy atom. The van der Waals surface area contributed by atoms with Gasteiger partial charge in [-0.25, -0.2) is 0 Å². The van der Waals surface area contributed by atoms with Crippen molar-refractivity contribution in [1.82, 2.24) is 5.32 Å². The van der Waals surface area contributed by atoms with Gasteiger partial charge in [0.1, 0.15) is 0 Å². The molecule has 1 aliphatic carbocycles. The number of ether oxygens (including phenoxy) is 2. The number of rotatable bonds is 6. The molecule has 2 fully saturated rings. The van der Waals surface area contributed by atoms with E-state index in [9.17, 15) is 0 Å². The summed E-state index contributed by atoms with van der Waals surface area (Å²) in [5.74, 6) is 0.694. The first-order valence-electron chi connectivity index (χ1n) is 8.14. The van der Waals surface area contributed by atoms with E-state index < -0.39 is 0 Å². The Labute approximate surface area is 128 Å². The Kier molecular flexibility index (Phi) is 4.34. The molecule has 1 heterocycles. The number of benzene rings is 1. The van der Waals surface area contributed by atoms with Crippen LogP contribution in [0.15, 0.2) is 24.3 Å². The minimum Gasteiger partial charge on any atom is -0.377 e. The van der Waals surface area contributed by atoms with Crippen LogP contribution < -0.4 is 5.32 Å². The molecular weight excluding hydrogens is 262 g/mol. The molecular formula is C18H27NO2. The Bertz CT molecular complexity index is 486. The van der Waals surface area contributed by atoms with Crippen molar-refractivity contribution in [2.75, 3.05) is 13.2 Å². The lowest BCUT2D eigenvalue weighted by Crippen LogP contribution is -2.65. The monoisotopic (exact) mass is 289 g/mol. The van der Waals surface area contributed by atoms with E-state index in [1.165, 1.54) is 17.5 Å². The SMILES string of the molecule is CCOCc1ccccc1CNC1C2CCOC2C1(C)C. The lowest BCUT2D eigenvalue weighted by Gasteiger charge is -2.55. The fourth-order valence-corrected chi connectivity index (χ4v) is 4.04. The van der Waals surface area contributed by atoms with Crippen LogP contribution >= 0.6 is 0 Å². The quantitative estimate of drug-likeness (QED) is 0.873. The van der Waals surface area contributed by atoms with E-state index in [0.29, 0.717) is 24.7 Å². The summed E-state index contributed by atoms with van der Waals surface area (Å²) in [5.41, 5.74) is 2.89. The van der Waals surface area contributed by atoms with Gasteiger partial charge in [-0.1, -0.05) is 38.1 Å². The zero-order valence-corrected chi connectivity index (χ0v) is 13.4. The molecule has 116 valence electrons. The highest BCUT2D eigenvalue weighted by molar-refractivity contribution is 5.27. The largest absolute Gasteiger partial charge is 0.377 e. The van der Waals surface area contributed by atoms with Crippen LogP contribution in [0.5, 0.6) is 0 Å². The summed E-state index contributed by atoms with van der Waals surface area (Å²) in [5, 5.41) is 3.78. The Hall–Kier alpha value is -0.900. The van der Waals surface area contributed by atoms with Crippen molar-refractivity contribution in [2.24, 2.45) is 11.3 Å². The minimum absolute atomic E-state index is 0.246. The molecule has 3 unspecified atom stereocenters. The molecule has 2 aliphatic rings. The molecule has 3 nitrogen and oxygen atoms in total. The van der Waals surface area contributed by atoms with Gasteiger partial charge in [0.25, 0.3) is 0 Å². The van der Waals surface area contributed by atoms with Crippen LogP contribution in [0.3, 0.4) is 0 Å². The molecule has 3 heteroatoms. The van der Waals surface area contributed by atoms with E-state index in [2.05, 4.69) is 43.4 Å². The summed E-state index contributed by atoms with van der Waals surface area (Å²) in [6.07, 6.45) is 1.65. The van der Waals surface area contributed by atoms with Gasteiger partial charge in [0, 0.05) is 37.1 Å². The van der Waals surface area contributed by atoms with Gasteiger partial charge in [-0.3, -0.25) is 0 Å². The van der Waals surface area contributed by atoms with Crippen molar-refractivity contribution in [2.45, 2.75) is 52.5 Å². The lowest BCUT2D eigenvalue weighted by atomic mass is 9.57. The molecule has 1 N–H and O–H groups in total. The third kappa shape index (κ3) is 2.75. The number of hydrogen-bond donors (Lipinski definition) is 1. The van der Waals surface area contributed by atoms with Crippen LogP contribution in [0.2, 0.25) is 0 Å². The van der Waals surface area contributed by atoms with E-state index in [-0.39, 0.29) is 5.41 Å². The molecule has 3 rings (SSSR count). The second-order valence-corrected chi connectivity index (χ2v) is 6.83. The third-order valence-corrected chi connectivity index (χ3v) is 5.19. The smallest absolute Gasteiger partial charge is 0.0719 e. The van der Waals surface area contributed by atoms with Crippen LogP contribution in [0.25, 0.3) is 0 Å². The number of fused-ring (bicyclic) bond motifs is 1. The molecule has 1 saturated heterocycles. The van der Waals surface area contributed by atoms with Crippen molar-refractivity contribution in [3.05, 3.63) is 35.4 Å². The summed E-state index contributed by atoms with van der Waals surface area (Å²) in [4.78, 5) is 0. The van der Waals surface area contributed by atoms with Crippen molar-refractivity contribution in [3.8, 4) is 0 Å². The zero-order chi connectivity index (χ0) is 14.9. The Morgan fingerprint density at radius 1 is 1.29 bits per heavy atom. The molecule has 0 radical (unpaired) electrons. The third-order valence-electron chi connectivity index (χ3n) is 5.19.